The Kier molecular flexibility index (Phi) is 3.09. The molecule has 2 fully saturated rings. The predicted molar refractivity (Wildman–Crippen MR) is 72.9 cm³/mol. The molecule has 3 nitrogen and oxygen atoms in total. The molecule has 17 heavy (non-hydrogen) atoms. The first-order valence-electron chi connectivity index (χ1n) is 6.66. The van der Waals surface area contributed by atoms with Crippen molar-refractivity contribution in [3.05, 3.63) is 10.6 Å². The molecule has 0 bridgehead atoms. The number of thiazole rings is 1. The van der Waals surface area contributed by atoms with Crippen LogP contribution in [0, 0.1) is 0 Å². The van der Waals surface area contributed by atoms with Crippen LogP contribution in [0.4, 0.5) is 5.13 Å². The molecule has 0 radical (unpaired) electrons. The van der Waals surface area contributed by atoms with Gasteiger partial charge in [-0.2, -0.15) is 0 Å². The Morgan fingerprint density at radius 1 is 1.35 bits per heavy atom. The van der Waals surface area contributed by atoms with Crippen LogP contribution in [0.2, 0.25) is 0 Å². The Hall–Kier alpha value is -0.610. The summed E-state index contributed by atoms with van der Waals surface area (Å²) in [5.41, 5.74) is 1.38. The van der Waals surface area contributed by atoms with E-state index in [1.54, 1.807) is 0 Å². The molecule has 94 valence electrons. The Morgan fingerprint density at radius 3 is 2.65 bits per heavy atom. The molecule has 1 aromatic heterocycles. The van der Waals surface area contributed by atoms with Gasteiger partial charge in [-0.25, -0.2) is 4.98 Å². The van der Waals surface area contributed by atoms with Gasteiger partial charge < -0.3 is 10.2 Å². The van der Waals surface area contributed by atoms with Crippen molar-refractivity contribution in [1.29, 1.82) is 0 Å². The topological polar surface area (TPSA) is 28.2 Å². The molecule has 0 unspecified atom stereocenters. The molecule has 2 aliphatic rings. The SMILES string of the molecule is CNCc1sc(N(C)C2CCC2)nc1C1CC1. The van der Waals surface area contributed by atoms with E-state index >= 15 is 0 Å². The number of nitrogens with zero attached hydrogens (tertiary/aromatic N) is 2. The van der Waals surface area contributed by atoms with Gasteiger partial charge in [0.15, 0.2) is 5.13 Å². The van der Waals surface area contributed by atoms with Crippen molar-refractivity contribution in [2.24, 2.45) is 0 Å². The van der Waals surface area contributed by atoms with E-state index < -0.39 is 0 Å². The Bertz CT molecular complexity index is 393. The molecule has 2 aliphatic carbocycles. The zero-order valence-corrected chi connectivity index (χ0v) is 11.5. The van der Waals surface area contributed by atoms with E-state index in [9.17, 15) is 0 Å². The van der Waals surface area contributed by atoms with Crippen LogP contribution >= 0.6 is 11.3 Å². The lowest BCUT2D eigenvalue weighted by molar-refractivity contribution is 0.401. The van der Waals surface area contributed by atoms with E-state index in [2.05, 4.69) is 17.3 Å². The van der Waals surface area contributed by atoms with Gasteiger partial charge in [0.05, 0.1) is 5.69 Å². The van der Waals surface area contributed by atoms with Crippen LogP contribution in [-0.2, 0) is 6.54 Å². The predicted octanol–water partition coefficient (Wildman–Crippen LogP) is 2.73. The summed E-state index contributed by atoms with van der Waals surface area (Å²) in [6, 6.07) is 0.746. The third-order valence-electron chi connectivity index (χ3n) is 3.94. The number of rotatable bonds is 5. The normalized spacial score (nSPS) is 20.4. The summed E-state index contributed by atoms with van der Waals surface area (Å²) in [6.07, 6.45) is 6.76. The van der Waals surface area contributed by atoms with Crippen molar-refractivity contribution in [3.8, 4) is 0 Å². The fourth-order valence-corrected chi connectivity index (χ4v) is 3.59. The quantitative estimate of drug-likeness (QED) is 0.872. The van der Waals surface area contributed by atoms with Crippen LogP contribution in [0.25, 0.3) is 0 Å². The minimum absolute atomic E-state index is 0.746. The van der Waals surface area contributed by atoms with Gasteiger partial charge in [-0.1, -0.05) is 0 Å². The van der Waals surface area contributed by atoms with E-state index in [1.807, 2.05) is 18.4 Å². The first-order valence-corrected chi connectivity index (χ1v) is 7.48. The lowest BCUT2D eigenvalue weighted by atomic mass is 9.92. The minimum Gasteiger partial charge on any atom is -0.348 e. The van der Waals surface area contributed by atoms with Gasteiger partial charge in [-0.15, -0.1) is 11.3 Å². The highest BCUT2D eigenvalue weighted by Gasteiger charge is 2.31. The number of hydrogen-bond acceptors (Lipinski definition) is 4. The largest absolute Gasteiger partial charge is 0.348 e. The minimum atomic E-state index is 0.746. The second kappa shape index (κ2) is 4.58. The van der Waals surface area contributed by atoms with E-state index in [0.29, 0.717) is 0 Å². The highest BCUT2D eigenvalue weighted by atomic mass is 32.1. The molecule has 1 aromatic rings. The first-order chi connectivity index (χ1) is 8.29. The van der Waals surface area contributed by atoms with E-state index in [4.69, 9.17) is 4.98 Å². The van der Waals surface area contributed by atoms with Crippen LogP contribution in [0.3, 0.4) is 0 Å². The maximum atomic E-state index is 4.90. The molecule has 0 aliphatic heterocycles. The average molecular weight is 251 g/mol. The highest BCUT2D eigenvalue weighted by Crippen LogP contribution is 2.44. The van der Waals surface area contributed by atoms with Crippen LogP contribution in [-0.4, -0.2) is 25.1 Å². The second-order valence-corrected chi connectivity index (χ2v) is 6.37. The molecule has 2 saturated carbocycles. The molecule has 3 rings (SSSR count). The average Bonchev–Trinajstić information content (AvgIpc) is 2.99. The molecule has 1 heterocycles. The van der Waals surface area contributed by atoms with E-state index in [1.165, 1.54) is 47.8 Å². The van der Waals surface area contributed by atoms with Crippen LogP contribution in [0.15, 0.2) is 0 Å². The molecule has 1 N–H and O–H groups in total. The fraction of sp³-hybridized carbons (Fsp3) is 0.769. The Balaban J connectivity index is 1.81. The number of anilines is 1. The second-order valence-electron chi connectivity index (χ2n) is 5.31. The van der Waals surface area contributed by atoms with Crippen molar-refractivity contribution in [2.45, 2.75) is 50.6 Å². The van der Waals surface area contributed by atoms with Crippen molar-refractivity contribution in [3.63, 3.8) is 0 Å². The zero-order valence-electron chi connectivity index (χ0n) is 10.7. The third kappa shape index (κ3) is 2.20. The van der Waals surface area contributed by atoms with Gasteiger partial charge in [0.2, 0.25) is 0 Å². The number of hydrogen-bond donors (Lipinski definition) is 1. The summed E-state index contributed by atoms with van der Waals surface area (Å²) < 4.78 is 0. The maximum absolute atomic E-state index is 4.90. The third-order valence-corrected chi connectivity index (χ3v) is 5.10. The van der Waals surface area contributed by atoms with Crippen molar-refractivity contribution in [2.75, 3.05) is 19.0 Å². The molecular weight excluding hydrogens is 230 g/mol. The summed E-state index contributed by atoms with van der Waals surface area (Å²) >= 11 is 1.89. The molecule has 4 heteroatoms. The molecular formula is C13H21N3S. The summed E-state index contributed by atoms with van der Waals surface area (Å²) in [6.45, 7) is 0.974. The summed E-state index contributed by atoms with van der Waals surface area (Å²) in [5.74, 6) is 0.762. The Labute approximate surface area is 107 Å². The maximum Gasteiger partial charge on any atom is 0.185 e. The lowest BCUT2D eigenvalue weighted by Crippen LogP contribution is -2.37. The lowest BCUT2D eigenvalue weighted by Gasteiger charge is -2.34. The van der Waals surface area contributed by atoms with E-state index in [-0.39, 0.29) is 0 Å². The smallest absolute Gasteiger partial charge is 0.185 e. The van der Waals surface area contributed by atoms with Crippen molar-refractivity contribution >= 4 is 16.5 Å². The number of nitrogens with one attached hydrogen (secondary N) is 1. The van der Waals surface area contributed by atoms with Gasteiger partial charge in [0, 0.05) is 30.4 Å². The summed E-state index contributed by atoms with van der Waals surface area (Å²) in [5, 5.41) is 4.51. The summed E-state index contributed by atoms with van der Waals surface area (Å²) in [4.78, 5) is 8.75. The molecule has 0 saturated heterocycles. The van der Waals surface area contributed by atoms with Crippen LogP contribution < -0.4 is 10.2 Å². The van der Waals surface area contributed by atoms with E-state index in [0.717, 1.165) is 18.5 Å². The van der Waals surface area contributed by atoms with Gasteiger partial charge in [-0.3, -0.25) is 0 Å². The first kappa shape index (κ1) is 11.5. The van der Waals surface area contributed by atoms with Gasteiger partial charge in [0.25, 0.3) is 0 Å². The van der Waals surface area contributed by atoms with Crippen molar-refractivity contribution < 1.29 is 0 Å². The molecule has 0 amide bonds. The monoisotopic (exact) mass is 251 g/mol. The van der Waals surface area contributed by atoms with Gasteiger partial charge >= 0.3 is 0 Å². The highest BCUT2D eigenvalue weighted by molar-refractivity contribution is 7.15. The van der Waals surface area contributed by atoms with Gasteiger partial charge in [-0.05, 0) is 39.2 Å². The molecule has 0 spiro atoms. The number of aromatic nitrogens is 1. The van der Waals surface area contributed by atoms with Gasteiger partial charge in [0.1, 0.15) is 0 Å². The molecule has 0 atom stereocenters. The standard InChI is InChI=1S/C13H21N3S/c1-14-8-11-12(9-6-7-9)15-13(17-11)16(2)10-4-3-5-10/h9-10,14H,3-8H2,1-2H3. The Morgan fingerprint density at radius 2 is 2.12 bits per heavy atom. The zero-order chi connectivity index (χ0) is 11.8. The van der Waals surface area contributed by atoms with Crippen LogP contribution in [0.1, 0.15) is 48.6 Å². The fourth-order valence-electron chi connectivity index (χ4n) is 2.39. The van der Waals surface area contributed by atoms with Crippen molar-refractivity contribution in [1.82, 2.24) is 10.3 Å². The summed E-state index contributed by atoms with van der Waals surface area (Å²) in [7, 11) is 4.23. The molecule has 0 aromatic carbocycles. The van der Waals surface area contributed by atoms with Crippen LogP contribution in [0.5, 0.6) is 0 Å².